The van der Waals surface area contributed by atoms with Gasteiger partial charge in [-0.05, 0) is 38.0 Å². The Hall–Kier alpha value is -2.78. The van der Waals surface area contributed by atoms with Crippen LogP contribution in [-0.4, -0.2) is 50.2 Å². The Morgan fingerprint density at radius 1 is 1.33 bits per heavy atom. The molecule has 3 rings (SSSR count). The van der Waals surface area contributed by atoms with E-state index < -0.39 is 42.2 Å². The number of nitrogens with one attached hydrogen (secondary N) is 1. The lowest BCUT2D eigenvalue weighted by molar-refractivity contribution is -0.145. The minimum atomic E-state index is -4.55. The summed E-state index contributed by atoms with van der Waals surface area (Å²) in [6.45, 7) is 0.631. The number of aromatic amines is 1. The quantitative estimate of drug-likeness (QED) is 0.847. The van der Waals surface area contributed by atoms with Gasteiger partial charge in [0, 0.05) is 18.2 Å². The third-order valence-corrected chi connectivity index (χ3v) is 4.92. The summed E-state index contributed by atoms with van der Waals surface area (Å²) in [5, 5.41) is 9.27. The van der Waals surface area contributed by atoms with E-state index in [4.69, 9.17) is 0 Å². The van der Waals surface area contributed by atoms with E-state index >= 15 is 0 Å². The highest BCUT2D eigenvalue weighted by Gasteiger charge is 2.36. The molecule has 0 spiro atoms. The number of carboxylic acids is 1. The van der Waals surface area contributed by atoms with Gasteiger partial charge in [0.05, 0.1) is 17.0 Å². The summed E-state index contributed by atoms with van der Waals surface area (Å²) in [7, 11) is 0. The molecule has 0 aliphatic carbocycles. The second-order valence-corrected chi connectivity index (χ2v) is 6.69. The van der Waals surface area contributed by atoms with Crippen LogP contribution in [0.1, 0.15) is 30.1 Å². The Bertz CT molecular complexity index is 947. The van der Waals surface area contributed by atoms with Gasteiger partial charge in [0.15, 0.2) is 0 Å². The van der Waals surface area contributed by atoms with Gasteiger partial charge < -0.3 is 15.0 Å². The molecule has 1 fully saturated rings. The number of rotatable bonds is 3. The van der Waals surface area contributed by atoms with E-state index in [9.17, 15) is 32.7 Å². The standard InChI is InChI=1S/C17H18F3N3O4/c1-9-11(15(25)26)3-2-6-22(9)14(24)10-4-5-13-12(7-10)21-16(27)23(13)8-17(18,19)20/h4-5,7,9,11H,2-3,6,8H2,1H3,(H,21,27)(H,25,26)/t9-,11-/m1/s1. The largest absolute Gasteiger partial charge is 0.481 e. The first kappa shape index (κ1) is 19.0. The van der Waals surface area contributed by atoms with Gasteiger partial charge in [-0.25, -0.2) is 4.79 Å². The van der Waals surface area contributed by atoms with Gasteiger partial charge in [0.1, 0.15) is 6.54 Å². The molecule has 7 nitrogen and oxygen atoms in total. The van der Waals surface area contributed by atoms with Crippen molar-refractivity contribution in [2.45, 2.75) is 38.5 Å². The number of hydrogen-bond acceptors (Lipinski definition) is 3. The zero-order chi connectivity index (χ0) is 19.9. The summed E-state index contributed by atoms with van der Waals surface area (Å²) in [6.07, 6.45) is -3.52. The fourth-order valence-electron chi connectivity index (χ4n) is 3.56. The zero-order valence-corrected chi connectivity index (χ0v) is 14.4. The van der Waals surface area contributed by atoms with E-state index in [-0.39, 0.29) is 16.6 Å². The second-order valence-electron chi connectivity index (χ2n) is 6.69. The number of amides is 1. The summed E-state index contributed by atoms with van der Waals surface area (Å²) in [5.41, 5.74) is -0.566. The number of carboxylic acid groups (broad SMARTS) is 1. The lowest BCUT2D eigenvalue weighted by Crippen LogP contribution is -2.49. The van der Waals surface area contributed by atoms with Crippen molar-refractivity contribution >= 4 is 22.9 Å². The van der Waals surface area contributed by atoms with Gasteiger partial charge in [-0.3, -0.25) is 14.2 Å². The zero-order valence-electron chi connectivity index (χ0n) is 14.4. The Kier molecular flexibility index (Phi) is 4.75. The van der Waals surface area contributed by atoms with Crippen molar-refractivity contribution in [2.24, 2.45) is 5.92 Å². The van der Waals surface area contributed by atoms with Crippen molar-refractivity contribution in [1.82, 2.24) is 14.5 Å². The summed E-state index contributed by atoms with van der Waals surface area (Å²) >= 11 is 0. The fourth-order valence-corrected chi connectivity index (χ4v) is 3.56. The number of nitrogens with zero attached hydrogens (tertiary/aromatic N) is 2. The van der Waals surface area contributed by atoms with Crippen molar-refractivity contribution in [2.75, 3.05) is 6.54 Å². The van der Waals surface area contributed by atoms with Gasteiger partial charge >= 0.3 is 17.8 Å². The Labute approximate surface area is 151 Å². The predicted molar refractivity (Wildman–Crippen MR) is 89.5 cm³/mol. The summed E-state index contributed by atoms with van der Waals surface area (Å²) < 4.78 is 38.5. The minimum Gasteiger partial charge on any atom is -0.481 e. The van der Waals surface area contributed by atoms with E-state index in [0.717, 1.165) is 0 Å². The Balaban J connectivity index is 1.92. The lowest BCUT2D eigenvalue weighted by atomic mass is 9.90. The van der Waals surface area contributed by atoms with Gasteiger partial charge in [-0.2, -0.15) is 13.2 Å². The number of aliphatic carboxylic acids is 1. The van der Waals surface area contributed by atoms with Crippen LogP contribution in [0.4, 0.5) is 13.2 Å². The van der Waals surface area contributed by atoms with Crippen LogP contribution >= 0.6 is 0 Å². The summed E-state index contributed by atoms with van der Waals surface area (Å²) in [6, 6.07) is 3.45. The molecule has 1 aromatic carbocycles. The van der Waals surface area contributed by atoms with Gasteiger partial charge in [-0.15, -0.1) is 0 Å². The highest BCUT2D eigenvalue weighted by atomic mass is 19.4. The number of fused-ring (bicyclic) bond motifs is 1. The molecule has 2 aromatic rings. The average molecular weight is 385 g/mol. The maximum atomic E-state index is 12.8. The van der Waals surface area contributed by atoms with Crippen LogP contribution in [0.25, 0.3) is 11.0 Å². The minimum absolute atomic E-state index is 0.0454. The molecule has 27 heavy (non-hydrogen) atoms. The molecular weight excluding hydrogens is 367 g/mol. The molecule has 2 atom stereocenters. The Morgan fingerprint density at radius 2 is 2.04 bits per heavy atom. The van der Waals surface area contributed by atoms with Crippen molar-refractivity contribution in [3.63, 3.8) is 0 Å². The van der Waals surface area contributed by atoms with E-state index in [0.29, 0.717) is 24.0 Å². The molecule has 0 radical (unpaired) electrons. The number of imidazole rings is 1. The molecular formula is C17H18F3N3O4. The van der Waals surface area contributed by atoms with Crippen LogP contribution in [0.5, 0.6) is 0 Å². The molecule has 146 valence electrons. The molecule has 0 saturated carbocycles. The monoisotopic (exact) mass is 385 g/mol. The molecule has 2 heterocycles. The smallest absolute Gasteiger partial charge is 0.406 e. The molecule has 0 unspecified atom stereocenters. The number of hydrogen-bond donors (Lipinski definition) is 2. The number of carbonyl (C=O) groups excluding carboxylic acids is 1. The van der Waals surface area contributed by atoms with Gasteiger partial charge in [0.2, 0.25) is 0 Å². The third kappa shape index (κ3) is 3.69. The SMILES string of the molecule is C[C@@H]1[C@H](C(=O)O)CCCN1C(=O)c1ccc2c(c1)[nH]c(=O)n2CC(F)(F)F. The molecule has 1 aliphatic rings. The second kappa shape index (κ2) is 6.75. The summed E-state index contributed by atoms with van der Waals surface area (Å²) in [5.74, 6) is -2.05. The number of benzene rings is 1. The van der Waals surface area contributed by atoms with Crippen molar-refractivity contribution in [3.05, 3.63) is 34.2 Å². The first-order valence-electron chi connectivity index (χ1n) is 8.41. The first-order chi connectivity index (χ1) is 12.6. The van der Waals surface area contributed by atoms with Crippen LogP contribution in [-0.2, 0) is 11.3 Å². The third-order valence-electron chi connectivity index (χ3n) is 4.92. The van der Waals surface area contributed by atoms with Crippen LogP contribution < -0.4 is 5.69 Å². The van der Waals surface area contributed by atoms with E-state index in [1.165, 1.54) is 23.1 Å². The van der Waals surface area contributed by atoms with Crippen LogP contribution in [0.2, 0.25) is 0 Å². The van der Waals surface area contributed by atoms with Crippen molar-refractivity contribution in [1.29, 1.82) is 0 Å². The normalized spacial score (nSPS) is 20.8. The number of H-pyrrole nitrogens is 1. The molecule has 1 amide bonds. The van der Waals surface area contributed by atoms with E-state index in [1.54, 1.807) is 6.92 Å². The molecule has 10 heteroatoms. The summed E-state index contributed by atoms with van der Waals surface area (Å²) in [4.78, 5) is 39.7. The number of likely N-dealkylation sites (tertiary alicyclic amines) is 1. The number of halogens is 3. The molecule has 1 aliphatic heterocycles. The number of aromatic nitrogens is 2. The number of piperidine rings is 1. The molecule has 0 bridgehead atoms. The molecule has 1 saturated heterocycles. The number of carbonyl (C=O) groups is 2. The average Bonchev–Trinajstić information content (AvgIpc) is 2.87. The maximum Gasteiger partial charge on any atom is 0.406 e. The van der Waals surface area contributed by atoms with Crippen molar-refractivity contribution < 1.29 is 27.9 Å². The molecule has 2 N–H and O–H groups in total. The first-order valence-corrected chi connectivity index (χ1v) is 8.41. The lowest BCUT2D eigenvalue weighted by Gasteiger charge is -2.37. The fraction of sp³-hybridized carbons (Fsp3) is 0.471. The predicted octanol–water partition coefficient (Wildman–Crippen LogP) is 2.22. The highest BCUT2D eigenvalue weighted by Crippen LogP contribution is 2.26. The number of alkyl halides is 3. The topological polar surface area (TPSA) is 95.4 Å². The van der Waals surface area contributed by atoms with Crippen LogP contribution in [0.3, 0.4) is 0 Å². The van der Waals surface area contributed by atoms with E-state index in [2.05, 4.69) is 4.98 Å². The van der Waals surface area contributed by atoms with Crippen molar-refractivity contribution in [3.8, 4) is 0 Å². The van der Waals surface area contributed by atoms with E-state index in [1.807, 2.05) is 0 Å². The van der Waals surface area contributed by atoms with Gasteiger partial charge in [0.25, 0.3) is 5.91 Å². The van der Waals surface area contributed by atoms with Crippen LogP contribution in [0.15, 0.2) is 23.0 Å². The van der Waals surface area contributed by atoms with Gasteiger partial charge in [-0.1, -0.05) is 0 Å². The van der Waals surface area contributed by atoms with Crippen LogP contribution in [0, 0.1) is 5.92 Å². The highest BCUT2D eigenvalue weighted by molar-refractivity contribution is 5.98. The Morgan fingerprint density at radius 3 is 2.67 bits per heavy atom. The molecule has 1 aromatic heterocycles. The maximum absolute atomic E-state index is 12.8.